The number of unbranched alkanes of at least 4 members (excludes halogenated alkanes) is 15. The molecule has 0 bridgehead atoms. The number of nitrogens with one attached hydrogen (secondary N) is 4. The minimum atomic E-state index is -0.278. The number of ether oxygens (including phenoxy) is 1. The lowest BCUT2D eigenvalue weighted by atomic mass is 10.1. The standard InChI is InChI=1S/C28H58N4O2S/c1-3-5-6-7-16-20-25-35-26-21-18-23-31-28(33)32-27(29)30-22-17-14-12-10-8-9-11-13-15-19-24-34-4-2/h3-26H2,1-2H3,(H4,29,30,31,32,33). The first kappa shape index (κ1) is 34.0. The molecular formula is C28H58N4O2S. The second kappa shape index (κ2) is 29.3. The van der Waals surface area contributed by atoms with Crippen LogP contribution in [-0.4, -0.2) is 49.8 Å². The number of carbonyl (C=O) groups is 1. The summed E-state index contributed by atoms with van der Waals surface area (Å²) >= 11 is 2.03. The van der Waals surface area contributed by atoms with Gasteiger partial charge in [0.15, 0.2) is 5.96 Å². The Morgan fingerprint density at radius 3 is 1.77 bits per heavy atom. The number of urea groups is 1. The number of carbonyl (C=O) groups excluding carboxylic acids is 1. The van der Waals surface area contributed by atoms with Crippen molar-refractivity contribution in [3.63, 3.8) is 0 Å². The molecule has 208 valence electrons. The van der Waals surface area contributed by atoms with Gasteiger partial charge in [0.2, 0.25) is 0 Å². The summed E-state index contributed by atoms with van der Waals surface area (Å²) in [5.41, 5.74) is 0. The van der Waals surface area contributed by atoms with Crippen molar-refractivity contribution in [2.45, 2.75) is 129 Å². The number of guanidine groups is 1. The Kier molecular flexibility index (Phi) is 28.5. The van der Waals surface area contributed by atoms with Gasteiger partial charge in [-0.15, -0.1) is 0 Å². The van der Waals surface area contributed by atoms with Gasteiger partial charge in [-0.25, -0.2) is 4.79 Å². The Bertz CT molecular complexity index is 466. The third-order valence-electron chi connectivity index (χ3n) is 6.10. The zero-order valence-corrected chi connectivity index (χ0v) is 24.0. The van der Waals surface area contributed by atoms with Gasteiger partial charge in [-0.1, -0.05) is 90.4 Å². The van der Waals surface area contributed by atoms with E-state index in [1.807, 2.05) is 11.8 Å². The number of thioether (sulfide) groups is 1. The van der Waals surface area contributed by atoms with E-state index in [-0.39, 0.29) is 12.0 Å². The predicted molar refractivity (Wildman–Crippen MR) is 155 cm³/mol. The molecule has 0 fully saturated rings. The van der Waals surface area contributed by atoms with Gasteiger partial charge in [0.25, 0.3) is 0 Å². The van der Waals surface area contributed by atoms with E-state index in [1.54, 1.807) is 0 Å². The molecule has 0 saturated heterocycles. The Hall–Kier alpha value is -0.950. The minimum Gasteiger partial charge on any atom is -0.382 e. The summed E-state index contributed by atoms with van der Waals surface area (Å²) in [6, 6.07) is -0.278. The van der Waals surface area contributed by atoms with E-state index in [4.69, 9.17) is 10.1 Å². The van der Waals surface area contributed by atoms with E-state index < -0.39 is 0 Å². The van der Waals surface area contributed by atoms with Gasteiger partial charge in [0.1, 0.15) is 0 Å². The summed E-state index contributed by atoms with van der Waals surface area (Å²) in [5, 5.41) is 16.3. The molecule has 0 aromatic heterocycles. The number of hydrogen-bond acceptors (Lipinski definition) is 4. The molecular weight excluding hydrogens is 456 g/mol. The van der Waals surface area contributed by atoms with Crippen molar-refractivity contribution in [1.29, 1.82) is 5.41 Å². The van der Waals surface area contributed by atoms with E-state index >= 15 is 0 Å². The molecule has 0 rings (SSSR count). The van der Waals surface area contributed by atoms with Crippen LogP contribution in [-0.2, 0) is 4.74 Å². The summed E-state index contributed by atoms with van der Waals surface area (Å²) in [6.45, 7) is 7.48. The molecule has 0 aromatic carbocycles. The van der Waals surface area contributed by atoms with Crippen LogP contribution in [0.5, 0.6) is 0 Å². The van der Waals surface area contributed by atoms with Crippen LogP contribution in [0, 0.1) is 5.41 Å². The first-order valence-electron chi connectivity index (χ1n) is 14.7. The Labute approximate surface area is 221 Å². The van der Waals surface area contributed by atoms with Gasteiger partial charge < -0.3 is 15.4 Å². The van der Waals surface area contributed by atoms with Crippen molar-refractivity contribution in [2.24, 2.45) is 0 Å². The average molecular weight is 515 g/mol. The van der Waals surface area contributed by atoms with E-state index in [2.05, 4.69) is 29.8 Å². The molecule has 0 heterocycles. The number of amides is 2. The smallest absolute Gasteiger partial charge is 0.321 e. The second-order valence-corrected chi connectivity index (χ2v) is 10.7. The van der Waals surface area contributed by atoms with Crippen molar-refractivity contribution in [1.82, 2.24) is 16.0 Å². The van der Waals surface area contributed by atoms with Crippen LogP contribution in [0.2, 0.25) is 0 Å². The van der Waals surface area contributed by atoms with Crippen LogP contribution in [0.25, 0.3) is 0 Å². The monoisotopic (exact) mass is 514 g/mol. The Balaban J connectivity index is 3.29. The molecule has 35 heavy (non-hydrogen) atoms. The summed E-state index contributed by atoms with van der Waals surface area (Å²) in [6.07, 6.45) is 22.9. The van der Waals surface area contributed by atoms with Crippen molar-refractivity contribution in [2.75, 3.05) is 37.8 Å². The Morgan fingerprint density at radius 1 is 0.657 bits per heavy atom. The predicted octanol–water partition coefficient (Wildman–Crippen LogP) is 7.62. The van der Waals surface area contributed by atoms with Gasteiger partial charge in [0.05, 0.1) is 0 Å². The maximum atomic E-state index is 11.9. The fourth-order valence-corrected chi connectivity index (χ4v) is 4.94. The zero-order chi connectivity index (χ0) is 25.7. The van der Waals surface area contributed by atoms with Gasteiger partial charge in [-0.3, -0.25) is 10.7 Å². The van der Waals surface area contributed by atoms with E-state index in [0.29, 0.717) is 6.54 Å². The maximum Gasteiger partial charge on any atom is 0.321 e. The van der Waals surface area contributed by atoms with Crippen molar-refractivity contribution in [3.05, 3.63) is 0 Å². The SMILES string of the molecule is CCCCCCCCSCCCCNC(=O)NC(=N)NCCCCCCCCCCCCOCC. The quantitative estimate of drug-likeness (QED) is 0.0543. The highest BCUT2D eigenvalue weighted by atomic mass is 32.2. The molecule has 2 amide bonds. The second-order valence-electron chi connectivity index (χ2n) is 9.50. The largest absolute Gasteiger partial charge is 0.382 e. The maximum absolute atomic E-state index is 11.9. The molecule has 0 aliphatic rings. The number of hydrogen-bond donors (Lipinski definition) is 4. The van der Waals surface area contributed by atoms with Crippen LogP contribution in [0.15, 0.2) is 0 Å². The normalized spacial score (nSPS) is 10.9. The third kappa shape index (κ3) is 29.2. The molecule has 7 heteroatoms. The first-order chi connectivity index (χ1) is 17.2. The molecule has 0 saturated carbocycles. The summed E-state index contributed by atoms with van der Waals surface area (Å²) < 4.78 is 5.36. The van der Waals surface area contributed by atoms with Crippen molar-refractivity contribution < 1.29 is 9.53 Å². The summed E-state index contributed by atoms with van der Waals surface area (Å²) in [4.78, 5) is 11.9. The molecule has 0 unspecified atom stereocenters. The third-order valence-corrected chi connectivity index (χ3v) is 7.26. The van der Waals surface area contributed by atoms with E-state index in [0.717, 1.165) is 39.0 Å². The van der Waals surface area contributed by atoms with Crippen LogP contribution in [0.1, 0.15) is 129 Å². The fourth-order valence-electron chi connectivity index (χ4n) is 3.92. The first-order valence-corrected chi connectivity index (χ1v) is 15.9. The Morgan fingerprint density at radius 2 is 1.14 bits per heavy atom. The molecule has 6 nitrogen and oxygen atoms in total. The lowest BCUT2D eigenvalue weighted by molar-refractivity contribution is 0.143. The lowest BCUT2D eigenvalue weighted by Gasteiger charge is -2.10. The summed E-state index contributed by atoms with van der Waals surface area (Å²) in [7, 11) is 0. The van der Waals surface area contributed by atoms with Crippen LogP contribution in [0.4, 0.5) is 4.79 Å². The van der Waals surface area contributed by atoms with E-state index in [9.17, 15) is 4.79 Å². The summed E-state index contributed by atoms with van der Waals surface area (Å²) in [5.74, 6) is 2.53. The highest BCUT2D eigenvalue weighted by molar-refractivity contribution is 7.99. The number of rotatable bonds is 26. The van der Waals surface area contributed by atoms with Crippen molar-refractivity contribution in [3.8, 4) is 0 Å². The van der Waals surface area contributed by atoms with Crippen LogP contribution >= 0.6 is 11.8 Å². The molecule has 0 atom stereocenters. The molecule has 0 aromatic rings. The molecule has 0 radical (unpaired) electrons. The van der Waals surface area contributed by atoms with Crippen LogP contribution < -0.4 is 16.0 Å². The van der Waals surface area contributed by atoms with Gasteiger partial charge in [-0.05, 0) is 50.5 Å². The zero-order valence-electron chi connectivity index (χ0n) is 23.2. The molecule has 4 N–H and O–H groups in total. The molecule has 0 spiro atoms. The topological polar surface area (TPSA) is 86.2 Å². The van der Waals surface area contributed by atoms with Crippen LogP contribution in [0.3, 0.4) is 0 Å². The highest BCUT2D eigenvalue weighted by Crippen LogP contribution is 2.12. The van der Waals surface area contributed by atoms with Gasteiger partial charge in [0, 0.05) is 26.3 Å². The minimum absolute atomic E-state index is 0.0985. The lowest BCUT2D eigenvalue weighted by Crippen LogP contribution is -2.45. The average Bonchev–Trinajstić information content (AvgIpc) is 2.85. The van der Waals surface area contributed by atoms with Gasteiger partial charge in [-0.2, -0.15) is 11.8 Å². The van der Waals surface area contributed by atoms with Crippen molar-refractivity contribution >= 4 is 23.8 Å². The molecule has 0 aliphatic heterocycles. The fraction of sp³-hybridized carbons (Fsp3) is 0.929. The van der Waals surface area contributed by atoms with Gasteiger partial charge >= 0.3 is 6.03 Å². The van der Waals surface area contributed by atoms with E-state index in [1.165, 1.54) is 108 Å². The highest BCUT2D eigenvalue weighted by Gasteiger charge is 2.03. The molecule has 0 aliphatic carbocycles.